The van der Waals surface area contributed by atoms with Gasteiger partial charge in [-0.15, -0.1) is 0 Å². The number of hydrogen-bond donors (Lipinski definition) is 2. The van der Waals surface area contributed by atoms with E-state index in [0.29, 0.717) is 24.3 Å². The Balaban J connectivity index is 1.99. The van der Waals surface area contributed by atoms with Crippen molar-refractivity contribution in [3.05, 3.63) is 17.3 Å². The fourth-order valence-electron chi connectivity index (χ4n) is 2.46. The number of ether oxygens (including phenoxy) is 1. The number of halogens is 3. The maximum Gasteiger partial charge on any atom is 0.412 e. The van der Waals surface area contributed by atoms with Crippen LogP contribution in [0.3, 0.4) is 0 Å². The number of hydrogen-bond acceptors (Lipinski definition) is 4. The summed E-state index contributed by atoms with van der Waals surface area (Å²) in [6.45, 7) is 5.29. The van der Waals surface area contributed by atoms with Crippen LogP contribution in [0.25, 0.3) is 0 Å². The molecule has 8 heteroatoms. The monoisotopic (exact) mass is 361 g/mol. The summed E-state index contributed by atoms with van der Waals surface area (Å²) < 4.78 is 31.6. The highest BCUT2D eigenvalue weighted by Gasteiger charge is 2.34. The van der Waals surface area contributed by atoms with Crippen LogP contribution in [0, 0.1) is 0 Å². The number of nitrogens with one attached hydrogen (secondary N) is 2. The van der Waals surface area contributed by atoms with Crippen molar-refractivity contribution in [3.8, 4) is 0 Å². The molecule has 1 fully saturated rings. The van der Waals surface area contributed by atoms with Crippen LogP contribution in [-0.4, -0.2) is 28.6 Å². The molecule has 1 heterocycles. The van der Waals surface area contributed by atoms with Crippen molar-refractivity contribution in [1.82, 2.24) is 4.98 Å². The molecule has 0 atom stereocenters. The van der Waals surface area contributed by atoms with Gasteiger partial charge in [0.15, 0.2) is 0 Å². The van der Waals surface area contributed by atoms with Crippen molar-refractivity contribution in [2.24, 2.45) is 0 Å². The van der Waals surface area contributed by atoms with Crippen molar-refractivity contribution in [3.63, 3.8) is 0 Å². The number of carbonyl (C=O) groups is 1. The first-order chi connectivity index (χ1) is 11.0. The van der Waals surface area contributed by atoms with Gasteiger partial charge in [0.05, 0.1) is 5.69 Å². The first kappa shape index (κ1) is 18.7. The lowest BCUT2D eigenvalue weighted by Crippen LogP contribution is -2.32. The molecule has 2 rings (SSSR count). The highest BCUT2D eigenvalue weighted by Crippen LogP contribution is 2.34. The van der Waals surface area contributed by atoms with Crippen molar-refractivity contribution >= 4 is 29.2 Å². The van der Waals surface area contributed by atoms with E-state index in [0.717, 1.165) is 0 Å². The second kappa shape index (κ2) is 7.09. The highest BCUT2D eigenvalue weighted by molar-refractivity contribution is 6.29. The van der Waals surface area contributed by atoms with E-state index >= 15 is 0 Å². The maximum atomic E-state index is 13.2. The molecule has 1 amide bonds. The molecule has 24 heavy (non-hydrogen) atoms. The van der Waals surface area contributed by atoms with E-state index in [-0.39, 0.29) is 24.0 Å². The van der Waals surface area contributed by atoms with E-state index in [1.807, 2.05) is 0 Å². The van der Waals surface area contributed by atoms with Gasteiger partial charge in [-0.2, -0.15) is 0 Å². The minimum absolute atomic E-state index is 0.0926. The molecule has 1 aliphatic carbocycles. The molecular weight excluding hydrogens is 340 g/mol. The smallest absolute Gasteiger partial charge is 0.412 e. The molecule has 134 valence electrons. The van der Waals surface area contributed by atoms with Gasteiger partial charge < -0.3 is 10.1 Å². The summed E-state index contributed by atoms with van der Waals surface area (Å²) in [7, 11) is 0. The Labute approximate surface area is 145 Å². The van der Waals surface area contributed by atoms with E-state index in [2.05, 4.69) is 15.6 Å². The summed E-state index contributed by atoms with van der Waals surface area (Å²) >= 11 is 5.97. The molecule has 0 saturated heterocycles. The van der Waals surface area contributed by atoms with Crippen LogP contribution in [0.4, 0.5) is 25.1 Å². The Bertz CT molecular complexity index is 595. The van der Waals surface area contributed by atoms with Gasteiger partial charge in [-0.3, -0.25) is 5.32 Å². The molecule has 1 aromatic heterocycles. The Hall–Kier alpha value is -1.63. The molecule has 2 N–H and O–H groups in total. The van der Waals surface area contributed by atoms with E-state index in [9.17, 15) is 13.6 Å². The first-order valence-corrected chi connectivity index (χ1v) is 8.22. The zero-order chi connectivity index (χ0) is 18.0. The zero-order valence-electron chi connectivity index (χ0n) is 14.0. The van der Waals surface area contributed by atoms with E-state index in [4.69, 9.17) is 16.3 Å². The molecule has 0 radical (unpaired) electrons. The van der Waals surface area contributed by atoms with Gasteiger partial charge in [0.2, 0.25) is 5.92 Å². The lowest BCUT2D eigenvalue weighted by molar-refractivity contribution is -0.0361. The Morgan fingerprint density at radius 3 is 2.54 bits per heavy atom. The van der Waals surface area contributed by atoms with Gasteiger partial charge >= 0.3 is 6.09 Å². The predicted molar refractivity (Wildman–Crippen MR) is 89.9 cm³/mol. The minimum Gasteiger partial charge on any atom is -0.444 e. The van der Waals surface area contributed by atoms with Gasteiger partial charge in [-0.05, 0) is 39.7 Å². The maximum absolute atomic E-state index is 13.2. The fraction of sp³-hybridized carbons (Fsp3) is 0.625. The minimum atomic E-state index is -2.58. The standard InChI is InChI=1S/C16H22ClF2N3O2/c1-15(2,3)24-14(23)21-11-8-12(17)22-13(9-11)20-10-4-6-16(18,19)7-5-10/h8-10H,4-7H2,1-3H3,(H2,20,21,22,23). The van der Waals surface area contributed by atoms with Crippen LogP contribution in [0.5, 0.6) is 0 Å². The van der Waals surface area contributed by atoms with Crippen LogP contribution in [0.2, 0.25) is 5.15 Å². The zero-order valence-corrected chi connectivity index (χ0v) is 14.7. The SMILES string of the molecule is CC(C)(C)OC(=O)Nc1cc(Cl)nc(NC2CCC(F)(F)CC2)c1. The summed E-state index contributed by atoms with van der Waals surface area (Å²) in [6, 6.07) is 3.00. The Kier molecular flexibility index (Phi) is 5.52. The van der Waals surface area contributed by atoms with Crippen LogP contribution in [0.1, 0.15) is 46.5 Å². The van der Waals surface area contributed by atoms with Crippen LogP contribution in [-0.2, 0) is 4.74 Å². The number of alkyl halides is 2. The normalized spacial score (nSPS) is 18.1. The lowest BCUT2D eigenvalue weighted by Gasteiger charge is -2.29. The van der Waals surface area contributed by atoms with Crippen LogP contribution < -0.4 is 10.6 Å². The number of rotatable bonds is 3. The van der Waals surface area contributed by atoms with Crippen LogP contribution >= 0.6 is 11.6 Å². The number of pyridine rings is 1. The fourth-order valence-corrected chi connectivity index (χ4v) is 2.67. The number of nitrogens with zero attached hydrogens (tertiary/aromatic N) is 1. The van der Waals surface area contributed by atoms with Crippen molar-refractivity contribution < 1.29 is 18.3 Å². The Morgan fingerprint density at radius 1 is 1.33 bits per heavy atom. The molecule has 1 aromatic rings. The van der Waals surface area contributed by atoms with Crippen molar-refractivity contribution in [2.75, 3.05) is 10.6 Å². The molecule has 0 bridgehead atoms. The highest BCUT2D eigenvalue weighted by atomic mass is 35.5. The van der Waals surface area contributed by atoms with Gasteiger partial charge in [-0.25, -0.2) is 18.6 Å². The van der Waals surface area contributed by atoms with Gasteiger partial charge in [0.25, 0.3) is 0 Å². The lowest BCUT2D eigenvalue weighted by atomic mass is 9.92. The van der Waals surface area contributed by atoms with E-state index in [1.54, 1.807) is 26.8 Å². The third kappa shape index (κ3) is 6.11. The van der Waals surface area contributed by atoms with Crippen LogP contribution in [0.15, 0.2) is 12.1 Å². The summed E-state index contributed by atoms with van der Waals surface area (Å²) in [5.74, 6) is -2.15. The molecule has 1 saturated carbocycles. The van der Waals surface area contributed by atoms with E-state index in [1.165, 1.54) is 6.07 Å². The predicted octanol–water partition coefficient (Wildman–Crippen LogP) is 5.07. The third-order valence-electron chi connectivity index (χ3n) is 3.51. The quantitative estimate of drug-likeness (QED) is 0.737. The number of carbonyl (C=O) groups excluding carboxylic acids is 1. The van der Waals surface area contributed by atoms with Crippen molar-refractivity contribution in [1.29, 1.82) is 0 Å². The van der Waals surface area contributed by atoms with Crippen molar-refractivity contribution in [2.45, 2.75) is 64.0 Å². The van der Waals surface area contributed by atoms with Gasteiger partial charge in [0, 0.05) is 24.9 Å². The second-order valence-electron chi connectivity index (χ2n) is 6.97. The number of anilines is 2. The summed E-state index contributed by atoms with van der Waals surface area (Å²) in [6.07, 6.45) is -0.179. The van der Waals surface area contributed by atoms with Gasteiger partial charge in [-0.1, -0.05) is 11.6 Å². The number of amides is 1. The largest absolute Gasteiger partial charge is 0.444 e. The average Bonchev–Trinajstić information content (AvgIpc) is 2.38. The molecule has 0 aromatic carbocycles. The second-order valence-corrected chi connectivity index (χ2v) is 7.35. The Morgan fingerprint density at radius 2 is 1.96 bits per heavy atom. The summed E-state index contributed by atoms with van der Waals surface area (Å²) in [5.41, 5.74) is -0.192. The molecule has 1 aliphatic rings. The topological polar surface area (TPSA) is 63.2 Å². The third-order valence-corrected chi connectivity index (χ3v) is 3.70. The molecular formula is C16H22ClF2N3O2. The van der Waals surface area contributed by atoms with E-state index < -0.39 is 17.6 Å². The molecule has 0 aliphatic heterocycles. The molecule has 5 nitrogen and oxygen atoms in total. The number of aromatic nitrogens is 1. The molecule has 0 spiro atoms. The first-order valence-electron chi connectivity index (χ1n) is 7.84. The summed E-state index contributed by atoms with van der Waals surface area (Å²) in [4.78, 5) is 15.9. The molecule has 0 unspecified atom stereocenters. The average molecular weight is 362 g/mol. The van der Waals surface area contributed by atoms with Gasteiger partial charge in [0.1, 0.15) is 16.6 Å². The summed E-state index contributed by atoms with van der Waals surface area (Å²) in [5, 5.41) is 5.87.